The van der Waals surface area contributed by atoms with Gasteiger partial charge in [-0.2, -0.15) is 6.08 Å². The van der Waals surface area contributed by atoms with Crippen molar-refractivity contribution in [2.75, 3.05) is 0 Å². The van der Waals surface area contributed by atoms with E-state index < -0.39 is 0 Å². The monoisotopic (exact) mass is 278 g/mol. The van der Waals surface area contributed by atoms with E-state index in [2.05, 4.69) is 25.0 Å². The number of hydrogen-bond donors (Lipinski definition) is 0. The third-order valence-corrected chi connectivity index (χ3v) is 0.586. The maximum Gasteiger partial charge on any atom is 0 e. The summed E-state index contributed by atoms with van der Waals surface area (Å²) in [7, 11) is 0. The van der Waals surface area contributed by atoms with E-state index in [1.807, 2.05) is 12.2 Å². The average Bonchev–Trinajstić information content (AvgIpc) is 2.23. The molecule has 1 heteroatoms. The molecule has 0 aromatic carbocycles. The first kappa shape index (κ1) is 10.6. The Morgan fingerprint density at radius 1 is 1.38 bits per heavy atom. The SMILES string of the molecule is C#C.[C-]1=CC=CC1.[Re]. The van der Waals surface area contributed by atoms with Crippen molar-refractivity contribution in [3.8, 4) is 12.8 Å². The minimum Gasteiger partial charge on any atom is -0.273 e. The Labute approximate surface area is 64.3 Å². The molecule has 1 aliphatic rings. The second-order valence-electron chi connectivity index (χ2n) is 1.00. The molecule has 1 radical (unpaired) electrons. The minimum absolute atomic E-state index is 0. The quantitative estimate of drug-likeness (QED) is 0.465. The summed E-state index contributed by atoms with van der Waals surface area (Å²) in [4.78, 5) is 0. The number of hydrogen-bond acceptors (Lipinski definition) is 0. The first-order valence-electron chi connectivity index (χ1n) is 2.05. The molecule has 0 amide bonds. The van der Waals surface area contributed by atoms with Gasteiger partial charge in [-0.15, -0.1) is 19.3 Å². The summed E-state index contributed by atoms with van der Waals surface area (Å²) in [5.41, 5.74) is 0. The standard InChI is InChI=1S/C5H5.C2H2.Re/c1-2-4-5-3-1;1-2;/h1-3H,4H2;1-2H;/q-1;;. The summed E-state index contributed by atoms with van der Waals surface area (Å²) in [5.74, 6) is 0. The van der Waals surface area contributed by atoms with Crippen LogP contribution in [0.3, 0.4) is 0 Å². The molecule has 0 aromatic rings. The average molecular weight is 277 g/mol. The van der Waals surface area contributed by atoms with Gasteiger partial charge in [-0.3, -0.25) is 6.08 Å². The number of allylic oxidation sites excluding steroid dienone is 4. The number of rotatable bonds is 0. The molecular formula is C7H7Re-. The van der Waals surface area contributed by atoms with Gasteiger partial charge in [0.05, 0.1) is 0 Å². The molecule has 0 unspecified atom stereocenters. The van der Waals surface area contributed by atoms with E-state index >= 15 is 0 Å². The molecular weight excluding hydrogens is 270 g/mol. The summed E-state index contributed by atoms with van der Waals surface area (Å²) in [6.07, 6.45) is 18.0. The van der Waals surface area contributed by atoms with E-state index in [4.69, 9.17) is 0 Å². The first-order valence-corrected chi connectivity index (χ1v) is 2.05. The Hall–Kier alpha value is -0.298. The fraction of sp³-hybridized carbons (Fsp3) is 0.143. The predicted molar refractivity (Wildman–Crippen MR) is 31.5 cm³/mol. The van der Waals surface area contributed by atoms with Gasteiger partial charge in [-0.1, -0.05) is 0 Å². The van der Waals surface area contributed by atoms with Crippen LogP contribution in [-0.4, -0.2) is 0 Å². The molecule has 0 atom stereocenters. The molecule has 1 rings (SSSR count). The summed E-state index contributed by atoms with van der Waals surface area (Å²) in [6, 6.07) is 0. The van der Waals surface area contributed by atoms with E-state index in [9.17, 15) is 0 Å². The van der Waals surface area contributed by atoms with Gasteiger partial charge in [0.15, 0.2) is 0 Å². The fourth-order valence-electron chi connectivity index (χ4n) is 0.340. The van der Waals surface area contributed by atoms with E-state index in [0.717, 1.165) is 6.42 Å². The van der Waals surface area contributed by atoms with Crippen molar-refractivity contribution in [3.05, 3.63) is 24.3 Å². The van der Waals surface area contributed by atoms with Gasteiger partial charge in [0.1, 0.15) is 0 Å². The largest absolute Gasteiger partial charge is 0.273 e. The second-order valence-corrected chi connectivity index (χ2v) is 1.00. The Bertz CT molecular complexity index is 88.2. The molecule has 0 saturated heterocycles. The zero-order valence-corrected chi connectivity index (χ0v) is 7.19. The summed E-state index contributed by atoms with van der Waals surface area (Å²) in [5, 5.41) is 0. The molecule has 0 heterocycles. The zero-order chi connectivity index (χ0) is 5.54. The molecule has 0 bridgehead atoms. The van der Waals surface area contributed by atoms with Crippen LogP contribution in [0.5, 0.6) is 0 Å². The van der Waals surface area contributed by atoms with Crippen LogP contribution in [0.4, 0.5) is 0 Å². The summed E-state index contributed by atoms with van der Waals surface area (Å²) < 4.78 is 0. The van der Waals surface area contributed by atoms with Crippen molar-refractivity contribution in [3.63, 3.8) is 0 Å². The molecule has 0 N–H and O–H groups in total. The van der Waals surface area contributed by atoms with Gasteiger partial charge < -0.3 is 0 Å². The van der Waals surface area contributed by atoms with Gasteiger partial charge in [0.25, 0.3) is 0 Å². The molecule has 43 valence electrons. The van der Waals surface area contributed by atoms with Gasteiger partial charge >= 0.3 is 0 Å². The summed E-state index contributed by atoms with van der Waals surface area (Å²) in [6.45, 7) is 0. The van der Waals surface area contributed by atoms with Crippen LogP contribution in [0, 0.1) is 18.9 Å². The topological polar surface area (TPSA) is 0 Å². The normalized spacial score (nSPS) is 11.2. The first-order chi connectivity index (χ1) is 3.50. The maximum absolute atomic E-state index is 4.00. The molecule has 0 spiro atoms. The van der Waals surface area contributed by atoms with Crippen LogP contribution in [0.25, 0.3) is 0 Å². The van der Waals surface area contributed by atoms with Gasteiger partial charge in [-0.25, -0.2) is 12.2 Å². The third kappa shape index (κ3) is 5.70. The Morgan fingerprint density at radius 3 is 2.12 bits per heavy atom. The molecule has 0 nitrogen and oxygen atoms in total. The van der Waals surface area contributed by atoms with Gasteiger partial charge in [0.2, 0.25) is 0 Å². The van der Waals surface area contributed by atoms with Crippen molar-refractivity contribution in [1.82, 2.24) is 0 Å². The zero-order valence-electron chi connectivity index (χ0n) is 4.47. The van der Waals surface area contributed by atoms with Crippen molar-refractivity contribution in [2.45, 2.75) is 6.42 Å². The number of terminal acetylenes is 1. The molecule has 0 aromatic heterocycles. The Morgan fingerprint density at radius 2 is 2.00 bits per heavy atom. The van der Waals surface area contributed by atoms with Crippen LogP contribution >= 0.6 is 0 Å². The molecule has 0 aliphatic heterocycles. The van der Waals surface area contributed by atoms with E-state index in [-0.39, 0.29) is 20.4 Å². The van der Waals surface area contributed by atoms with Crippen molar-refractivity contribution in [1.29, 1.82) is 0 Å². The molecule has 0 saturated carbocycles. The van der Waals surface area contributed by atoms with Crippen LogP contribution in [-0.2, 0) is 20.4 Å². The second kappa shape index (κ2) is 9.86. The van der Waals surface area contributed by atoms with Crippen molar-refractivity contribution in [2.24, 2.45) is 0 Å². The Balaban J connectivity index is 0. The predicted octanol–water partition coefficient (Wildman–Crippen LogP) is 1.55. The molecule has 8 heavy (non-hydrogen) atoms. The smallest absolute Gasteiger partial charge is 0 e. The molecule has 1 aliphatic carbocycles. The molecule has 0 fully saturated rings. The van der Waals surface area contributed by atoms with Crippen LogP contribution in [0.2, 0.25) is 0 Å². The van der Waals surface area contributed by atoms with Crippen LogP contribution < -0.4 is 0 Å². The van der Waals surface area contributed by atoms with Gasteiger partial charge in [-0.05, 0) is 0 Å². The van der Waals surface area contributed by atoms with E-state index in [1.54, 1.807) is 0 Å². The van der Waals surface area contributed by atoms with E-state index in [1.165, 1.54) is 0 Å². The summed E-state index contributed by atoms with van der Waals surface area (Å²) >= 11 is 0. The van der Waals surface area contributed by atoms with Crippen LogP contribution in [0.15, 0.2) is 18.2 Å². The van der Waals surface area contributed by atoms with Gasteiger partial charge in [0, 0.05) is 20.4 Å². The third-order valence-electron chi connectivity index (χ3n) is 0.586. The van der Waals surface area contributed by atoms with Crippen LogP contribution in [0.1, 0.15) is 6.42 Å². The van der Waals surface area contributed by atoms with Crippen molar-refractivity contribution >= 4 is 0 Å². The minimum atomic E-state index is 0. The Kier molecular flexibility index (Phi) is 13.1. The van der Waals surface area contributed by atoms with E-state index in [0.29, 0.717) is 0 Å². The maximum atomic E-state index is 4.00. The van der Waals surface area contributed by atoms with Crippen molar-refractivity contribution < 1.29 is 20.4 Å². The fourth-order valence-corrected chi connectivity index (χ4v) is 0.340.